The standard InChI is InChI=1S/C10H11NO2/c1-11(2)7-3-4-10-8(5-7)9(12)6-13-10/h3-5H,6H2,1-2H3. The van der Waals surface area contributed by atoms with Crippen molar-refractivity contribution in [2.75, 3.05) is 25.6 Å². The molecule has 0 atom stereocenters. The van der Waals surface area contributed by atoms with Gasteiger partial charge in [0.1, 0.15) is 5.75 Å². The second kappa shape index (κ2) is 2.76. The van der Waals surface area contributed by atoms with Crippen LogP contribution in [-0.2, 0) is 0 Å². The molecule has 0 bridgehead atoms. The number of benzene rings is 1. The molecule has 0 saturated carbocycles. The van der Waals surface area contributed by atoms with Crippen molar-refractivity contribution in [3.8, 4) is 5.75 Å². The van der Waals surface area contributed by atoms with Crippen molar-refractivity contribution >= 4 is 11.5 Å². The largest absolute Gasteiger partial charge is 0.485 e. The van der Waals surface area contributed by atoms with Crippen LogP contribution in [0.2, 0.25) is 0 Å². The first kappa shape index (κ1) is 8.10. The van der Waals surface area contributed by atoms with Crippen molar-refractivity contribution in [2.24, 2.45) is 0 Å². The highest BCUT2D eigenvalue weighted by Gasteiger charge is 2.21. The number of hydrogen-bond donors (Lipinski definition) is 0. The van der Waals surface area contributed by atoms with Gasteiger partial charge < -0.3 is 9.64 Å². The first-order valence-corrected chi connectivity index (χ1v) is 4.16. The van der Waals surface area contributed by atoms with Crippen molar-refractivity contribution < 1.29 is 9.53 Å². The van der Waals surface area contributed by atoms with Gasteiger partial charge in [-0.1, -0.05) is 0 Å². The Morgan fingerprint density at radius 3 is 2.85 bits per heavy atom. The number of nitrogens with zero attached hydrogens (tertiary/aromatic N) is 1. The normalized spacial score (nSPS) is 13.8. The van der Waals surface area contributed by atoms with E-state index >= 15 is 0 Å². The van der Waals surface area contributed by atoms with E-state index in [0.29, 0.717) is 11.3 Å². The Kier molecular flexibility index (Phi) is 1.72. The zero-order chi connectivity index (χ0) is 9.42. The van der Waals surface area contributed by atoms with E-state index in [4.69, 9.17) is 4.74 Å². The van der Waals surface area contributed by atoms with Crippen molar-refractivity contribution in [1.82, 2.24) is 0 Å². The highest BCUT2D eigenvalue weighted by molar-refractivity contribution is 6.03. The molecular weight excluding hydrogens is 166 g/mol. The van der Waals surface area contributed by atoms with Crippen molar-refractivity contribution in [3.63, 3.8) is 0 Å². The minimum atomic E-state index is 0.0682. The molecule has 0 fully saturated rings. The molecule has 1 aliphatic heterocycles. The van der Waals surface area contributed by atoms with Crippen LogP contribution in [0, 0.1) is 0 Å². The fourth-order valence-corrected chi connectivity index (χ4v) is 1.36. The summed E-state index contributed by atoms with van der Waals surface area (Å²) >= 11 is 0. The molecule has 0 spiro atoms. The molecule has 68 valence electrons. The number of ketones is 1. The van der Waals surface area contributed by atoms with Gasteiger partial charge in [0, 0.05) is 19.8 Å². The van der Waals surface area contributed by atoms with Crippen LogP contribution in [-0.4, -0.2) is 26.5 Å². The zero-order valence-corrected chi connectivity index (χ0v) is 7.70. The van der Waals surface area contributed by atoms with E-state index in [1.165, 1.54) is 0 Å². The number of ether oxygens (including phenoxy) is 1. The fourth-order valence-electron chi connectivity index (χ4n) is 1.36. The lowest BCUT2D eigenvalue weighted by molar-refractivity contribution is 0.0961. The molecule has 3 nitrogen and oxygen atoms in total. The van der Waals surface area contributed by atoms with Crippen LogP contribution in [0.4, 0.5) is 5.69 Å². The van der Waals surface area contributed by atoms with Gasteiger partial charge in [-0.15, -0.1) is 0 Å². The topological polar surface area (TPSA) is 29.5 Å². The molecule has 0 amide bonds. The molecule has 1 aliphatic rings. The van der Waals surface area contributed by atoms with Gasteiger partial charge in [0.25, 0.3) is 0 Å². The SMILES string of the molecule is CN(C)c1ccc2c(c1)C(=O)CO2. The summed E-state index contributed by atoms with van der Waals surface area (Å²) in [4.78, 5) is 13.3. The summed E-state index contributed by atoms with van der Waals surface area (Å²) in [5.41, 5.74) is 1.73. The van der Waals surface area contributed by atoms with Crippen LogP contribution in [0.15, 0.2) is 18.2 Å². The number of carbonyl (C=O) groups excluding carboxylic acids is 1. The Labute approximate surface area is 76.9 Å². The highest BCUT2D eigenvalue weighted by Crippen LogP contribution is 2.28. The molecule has 0 radical (unpaired) electrons. The lowest BCUT2D eigenvalue weighted by Gasteiger charge is -2.12. The quantitative estimate of drug-likeness (QED) is 0.648. The predicted octanol–water partition coefficient (Wildman–Crippen LogP) is 1.33. The Morgan fingerprint density at radius 2 is 2.15 bits per heavy atom. The van der Waals surface area contributed by atoms with Gasteiger partial charge in [-0.05, 0) is 18.2 Å². The molecule has 13 heavy (non-hydrogen) atoms. The van der Waals surface area contributed by atoms with E-state index in [2.05, 4.69) is 0 Å². The minimum Gasteiger partial charge on any atom is -0.485 e. The van der Waals surface area contributed by atoms with Gasteiger partial charge in [0.15, 0.2) is 6.61 Å². The number of rotatable bonds is 1. The number of hydrogen-bond acceptors (Lipinski definition) is 3. The second-order valence-electron chi connectivity index (χ2n) is 3.29. The minimum absolute atomic E-state index is 0.0682. The zero-order valence-electron chi connectivity index (χ0n) is 7.70. The lowest BCUT2D eigenvalue weighted by Crippen LogP contribution is -2.09. The molecule has 0 N–H and O–H groups in total. The monoisotopic (exact) mass is 177 g/mol. The van der Waals surface area contributed by atoms with E-state index in [9.17, 15) is 4.79 Å². The van der Waals surface area contributed by atoms with Gasteiger partial charge in [0.2, 0.25) is 5.78 Å². The van der Waals surface area contributed by atoms with E-state index in [1.807, 2.05) is 37.2 Å². The molecule has 0 aromatic heterocycles. The predicted molar refractivity (Wildman–Crippen MR) is 50.6 cm³/mol. The van der Waals surface area contributed by atoms with Crippen LogP contribution in [0.3, 0.4) is 0 Å². The third-order valence-electron chi connectivity index (χ3n) is 2.14. The molecule has 1 aromatic rings. The number of carbonyl (C=O) groups is 1. The fraction of sp³-hybridized carbons (Fsp3) is 0.300. The van der Waals surface area contributed by atoms with Crippen LogP contribution in [0.5, 0.6) is 5.75 Å². The number of anilines is 1. The maximum Gasteiger partial charge on any atom is 0.203 e. The first-order chi connectivity index (χ1) is 6.18. The summed E-state index contributed by atoms with van der Waals surface area (Å²) in [6, 6.07) is 5.65. The average Bonchev–Trinajstić information content (AvgIpc) is 2.47. The summed E-state index contributed by atoms with van der Waals surface area (Å²) in [5, 5.41) is 0. The van der Waals surface area contributed by atoms with Crippen molar-refractivity contribution in [1.29, 1.82) is 0 Å². The molecule has 1 aromatic carbocycles. The smallest absolute Gasteiger partial charge is 0.203 e. The van der Waals surface area contributed by atoms with Crippen LogP contribution >= 0.6 is 0 Å². The summed E-state index contributed by atoms with van der Waals surface area (Å²) in [6.45, 7) is 0.187. The Morgan fingerprint density at radius 1 is 1.38 bits per heavy atom. The lowest BCUT2D eigenvalue weighted by atomic mass is 10.1. The molecule has 0 saturated heterocycles. The van der Waals surface area contributed by atoms with Gasteiger partial charge in [-0.25, -0.2) is 0 Å². The molecule has 0 unspecified atom stereocenters. The summed E-state index contributed by atoms with van der Waals surface area (Å²) in [5.74, 6) is 0.773. The number of Topliss-reactive ketones (excluding diaryl/α,β-unsaturated/α-hetero) is 1. The highest BCUT2D eigenvalue weighted by atomic mass is 16.5. The molecular formula is C10H11NO2. The third-order valence-corrected chi connectivity index (χ3v) is 2.14. The van der Waals surface area contributed by atoms with Gasteiger partial charge in [-0.3, -0.25) is 4.79 Å². The Bertz CT molecular complexity index is 358. The summed E-state index contributed by atoms with van der Waals surface area (Å²) in [7, 11) is 3.89. The molecule has 2 rings (SSSR count). The Hall–Kier alpha value is -1.51. The maximum absolute atomic E-state index is 11.3. The van der Waals surface area contributed by atoms with Crippen LogP contribution in [0.1, 0.15) is 10.4 Å². The van der Waals surface area contributed by atoms with Gasteiger partial charge in [-0.2, -0.15) is 0 Å². The van der Waals surface area contributed by atoms with Gasteiger partial charge >= 0.3 is 0 Å². The molecule has 3 heteroatoms. The second-order valence-corrected chi connectivity index (χ2v) is 3.29. The van der Waals surface area contributed by atoms with Crippen molar-refractivity contribution in [3.05, 3.63) is 23.8 Å². The van der Waals surface area contributed by atoms with E-state index in [0.717, 1.165) is 5.69 Å². The summed E-state index contributed by atoms with van der Waals surface area (Å²) in [6.07, 6.45) is 0. The Balaban J connectivity index is 2.48. The summed E-state index contributed by atoms with van der Waals surface area (Å²) < 4.78 is 5.18. The maximum atomic E-state index is 11.3. The van der Waals surface area contributed by atoms with Gasteiger partial charge in [0.05, 0.1) is 5.56 Å². The number of fused-ring (bicyclic) bond motifs is 1. The van der Waals surface area contributed by atoms with Crippen LogP contribution < -0.4 is 9.64 Å². The average molecular weight is 177 g/mol. The van der Waals surface area contributed by atoms with E-state index in [-0.39, 0.29) is 12.4 Å². The molecule has 0 aliphatic carbocycles. The van der Waals surface area contributed by atoms with Crippen molar-refractivity contribution in [2.45, 2.75) is 0 Å². The van der Waals surface area contributed by atoms with Crippen LogP contribution in [0.25, 0.3) is 0 Å². The van der Waals surface area contributed by atoms with E-state index < -0.39 is 0 Å². The molecule has 1 heterocycles. The van der Waals surface area contributed by atoms with E-state index in [1.54, 1.807) is 0 Å². The third kappa shape index (κ3) is 1.26. The first-order valence-electron chi connectivity index (χ1n) is 4.16.